The van der Waals surface area contributed by atoms with Gasteiger partial charge in [0.05, 0.1) is 30.4 Å². The summed E-state index contributed by atoms with van der Waals surface area (Å²) in [5.74, 6) is -2.54. The molecule has 1 aliphatic heterocycles. The summed E-state index contributed by atoms with van der Waals surface area (Å²) in [5, 5.41) is 18.6. The predicted molar refractivity (Wildman–Crippen MR) is 137 cm³/mol. The van der Waals surface area contributed by atoms with E-state index < -0.39 is 34.8 Å². The fraction of sp³-hybridized carbons (Fsp3) is 0.480. The number of thiazole rings is 1. The molecule has 3 N–H and O–H groups in total. The van der Waals surface area contributed by atoms with Gasteiger partial charge in [0.25, 0.3) is 0 Å². The Balaban J connectivity index is 1.67. The number of nitrogens with one attached hydrogen (secondary N) is 2. The van der Waals surface area contributed by atoms with Crippen LogP contribution in [0.3, 0.4) is 0 Å². The van der Waals surface area contributed by atoms with Crippen molar-refractivity contribution in [3.05, 3.63) is 62.2 Å². The van der Waals surface area contributed by atoms with Crippen molar-refractivity contribution in [1.29, 1.82) is 0 Å². The molecule has 200 valence electrons. The summed E-state index contributed by atoms with van der Waals surface area (Å²) in [7, 11) is 2.81. The maximum Gasteiger partial charge on any atom is 0.338 e. The number of carbonyl (C=O) groups is 1. The van der Waals surface area contributed by atoms with Gasteiger partial charge in [-0.1, -0.05) is 17.7 Å². The van der Waals surface area contributed by atoms with Crippen molar-refractivity contribution in [2.45, 2.75) is 43.9 Å². The molecule has 2 aromatic rings. The molecule has 0 spiro atoms. The van der Waals surface area contributed by atoms with E-state index in [2.05, 4.69) is 20.6 Å². The number of aliphatic imine (C=N–C) groups is 1. The molecule has 1 unspecified atom stereocenters. The lowest BCUT2D eigenvalue weighted by Gasteiger charge is -2.35. The van der Waals surface area contributed by atoms with Crippen molar-refractivity contribution in [3.8, 4) is 0 Å². The van der Waals surface area contributed by atoms with Gasteiger partial charge in [-0.05, 0) is 37.7 Å². The van der Waals surface area contributed by atoms with Gasteiger partial charge in [-0.3, -0.25) is 4.99 Å². The number of esters is 1. The standard InChI is InChI=1S/C25H29ClF2N4O4S/c1-35-12-15(33)11-30-14-5-3-13(4-6-14)21-18(25(34)36-2)22(16-7-8-17(27)20(28)19(16)26)32-23(31-21)24-29-9-10-37-24/h7-10,13-15,22,30,33H,3-6,11-12H2,1-2H3,(H,31,32)/t13-,14-,15-,22?/m1/s1. The van der Waals surface area contributed by atoms with E-state index in [1.165, 1.54) is 24.5 Å². The summed E-state index contributed by atoms with van der Waals surface area (Å²) in [6, 6.07) is 1.51. The number of benzene rings is 1. The summed E-state index contributed by atoms with van der Waals surface area (Å²) in [6.07, 6.45) is 4.15. The van der Waals surface area contributed by atoms with Crippen molar-refractivity contribution in [2.75, 3.05) is 27.4 Å². The second-order valence-electron chi connectivity index (χ2n) is 8.99. The molecule has 1 saturated carbocycles. The summed E-state index contributed by atoms with van der Waals surface area (Å²) < 4.78 is 38.4. The fourth-order valence-electron chi connectivity index (χ4n) is 4.79. The number of halogens is 3. The molecular weight excluding hydrogens is 526 g/mol. The van der Waals surface area contributed by atoms with Crippen molar-refractivity contribution < 1.29 is 28.2 Å². The van der Waals surface area contributed by atoms with Gasteiger partial charge in [0.2, 0.25) is 0 Å². The lowest BCUT2D eigenvalue weighted by molar-refractivity contribution is -0.136. The molecular formula is C25H29ClF2N4O4S. The molecule has 8 nitrogen and oxygen atoms in total. The van der Waals surface area contributed by atoms with E-state index in [0.29, 0.717) is 23.1 Å². The van der Waals surface area contributed by atoms with Crippen molar-refractivity contribution in [2.24, 2.45) is 10.9 Å². The Hall–Kier alpha value is -2.44. The molecule has 1 aromatic heterocycles. The number of hydrogen-bond acceptors (Lipinski definition) is 9. The minimum atomic E-state index is -1.20. The first-order chi connectivity index (χ1) is 17.8. The van der Waals surface area contributed by atoms with E-state index in [1.807, 2.05) is 0 Å². The Kier molecular flexibility index (Phi) is 9.25. The first kappa shape index (κ1) is 27.6. The summed E-state index contributed by atoms with van der Waals surface area (Å²) >= 11 is 7.58. The molecule has 4 rings (SSSR count). The number of methoxy groups -OCH3 is 2. The minimum Gasteiger partial charge on any atom is -0.466 e. The predicted octanol–water partition coefficient (Wildman–Crippen LogP) is 3.75. The van der Waals surface area contributed by atoms with Crippen molar-refractivity contribution >= 4 is 34.7 Å². The number of nitrogens with zero attached hydrogens (tertiary/aromatic N) is 2. The third kappa shape index (κ3) is 6.18. The quantitative estimate of drug-likeness (QED) is 0.320. The topological polar surface area (TPSA) is 105 Å². The second kappa shape index (κ2) is 12.4. The van der Waals surface area contributed by atoms with Crippen LogP contribution in [0.25, 0.3) is 0 Å². The number of aliphatic hydroxyl groups is 1. The fourth-order valence-corrected chi connectivity index (χ4v) is 5.63. The van der Waals surface area contributed by atoms with E-state index >= 15 is 0 Å². The van der Waals surface area contributed by atoms with Crippen LogP contribution in [0.2, 0.25) is 5.02 Å². The SMILES string of the molecule is COC[C@H](O)CN[C@H]1CC[C@H](C2=C(C(=O)OC)C(c3ccc(F)c(F)c3Cl)N=C(c3nccs3)N2)CC1. The highest BCUT2D eigenvalue weighted by molar-refractivity contribution is 7.11. The van der Waals surface area contributed by atoms with Crippen LogP contribution in [0.15, 0.2) is 40.0 Å². The average Bonchev–Trinajstić information content (AvgIpc) is 3.45. The number of aliphatic hydroxyl groups excluding tert-OH is 1. The van der Waals surface area contributed by atoms with Crippen LogP contribution in [0.4, 0.5) is 8.78 Å². The summed E-state index contributed by atoms with van der Waals surface area (Å²) in [5.41, 5.74) is 0.995. The molecule has 1 fully saturated rings. The van der Waals surface area contributed by atoms with Gasteiger partial charge < -0.3 is 25.2 Å². The molecule has 2 aliphatic rings. The lowest BCUT2D eigenvalue weighted by atomic mass is 9.80. The third-order valence-corrected chi connectivity index (χ3v) is 7.78. The summed E-state index contributed by atoms with van der Waals surface area (Å²) in [6.45, 7) is 0.684. The molecule has 0 radical (unpaired) electrons. The largest absolute Gasteiger partial charge is 0.466 e. The number of allylic oxidation sites excluding steroid dienone is 1. The molecule has 1 aromatic carbocycles. The average molecular weight is 555 g/mol. The first-order valence-electron chi connectivity index (χ1n) is 11.9. The monoisotopic (exact) mass is 554 g/mol. The smallest absolute Gasteiger partial charge is 0.338 e. The summed E-state index contributed by atoms with van der Waals surface area (Å²) in [4.78, 5) is 22.1. The van der Waals surface area contributed by atoms with E-state index in [0.717, 1.165) is 31.7 Å². The Morgan fingerprint density at radius 1 is 1.30 bits per heavy atom. The number of carbonyl (C=O) groups excluding carboxylic acids is 1. The maximum atomic E-state index is 14.5. The number of aromatic nitrogens is 1. The van der Waals surface area contributed by atoms with Gasteiger partial charge in [-0.15, -0.1) is 11.3 Å². The van der Waals surface area contributed by atoms with Crippen LogP contribution in [-0.2, 0) is 14.3 Å². The van der Waals surface area contributed by atoms with Gasteiger partial charge in [0.15, 0.2) is 22.5 Å². The highest BCUT2D eigenvalue weighted by Crippen LogP contribution is 2.41. The Bertz CT molecular complexity index is 1170. The normalized spacial score (nSPS) is 22.9. The van der Waals surface area contributed by atoms with E-state index in [1.54, 1.807) is 18.7 Å². The lowest BCUT2D eigenvalue weighted by Crippen LogP contribution is -2.42. The molecule has 2 atom stereocenters. The molecule has 0 amide bonds. The number of ether oxygens (including phenoxy) is 2. The highest BCUT2D eigenvalue weighted by atomic mass is 35.5. The van der Waals surface area contributed by atoms with Crippen molar-refractivity contribution in [1.82, 2.24) is 15.6 Å². The molecule has 0 saturated heterocycles. The van der Waals surface area contributed by atoms with Crippen molar-refractivity contribution in [3.63, 3.8) is 0 Å². The van der Waals surface area contributed by atoms with Crippen LogP contribution in [-0.4, -0.2) is 61.4 Å². The number of hydrogen-bond donors (Lipinski definition) is 3. The molecule has 37 heavy (non-hydrogen) atoms. The van der Waals surface area contributed by atoms with Gasteiger partial charge in [0, 0.05) is 42.5 Å². The number of amidine groups is 1. The third-order valence-electron chi connectivity index (χ3n) is 6.61. The Morgan fingerprint density at radius 2 is 2.05 bits per heavy atom. The molecule has 0 bridgehead atoms. The van der Waals surface area contributed by atoms with E-state index in [4.69, 9.17) is 21.1 Å². The maximum absolute atomic E-state index is 14.5. The van der Waals surface area contributed by atoms with Crippen LogP contribution in [0.1, 0.15) is 42.3 Å². The zero-order chi connectivity index (χ0) is 26.5. The van der Waals surface area contributed by atoms with Crippen LogP contribution in [0, 0.1) is 17.6 Å². The van der Waals surface area contributed by atoms with Gasteiger partial charge >= 0.3 is 5.97 Å². The van der Waals surface area contributed by atoms with Crippen LogP contribution >= 0.6 is 22.9 Å². The Labute approximate surface area is 222 Å². The highest BCUT2D eigenvalue weighted by Gasteiger charge is 2.38. The van der Waals surface area contributed by atoms with E-state index in [-0.39, 0.29) is 29.7 Å². The zero-order valence-electron chi connectivity index (χ0n) is 20.5. The van der Waals surface area contributed by atoms with E-state index in [9.17, 15) is 18.7 Å². The molecule has 12 heteroatoms. The van der Waals surface area contributed by atoms with Crippen LogP contribution in [0.5, 0.6) is 0 Å². The first-order valence-corrected chi connectivity index (χ1v) is 13.2. The second-order valence-corrected chi connectivity index (χ2v) is 10.3. The van der Waals surface area contributed by atoms with Crippen LogP contribution < -0.4 is 10.6 Å². The zero-order valence-corrected chi connectivity index (χ0v) is 22.0. The molecule has 1 aliphatic carbocycles. The number of rotatable bonds is 9. The van der Waals surface area contributed by atoms with Gasteiger partial charge in [0.1, 0.15) is 6.04 Å². The minimum absolute atomic E-state index is 0.0481. The van der Waals surface area contributed by atoms with Gasteiger partial charge in [-0.2, -0.15) is 0 Å². The Morgan fingerprint density at radius 3 is 2.70 bits per heavy atom. The molecule has 2 heterocycles. The van der Waals surface area contributed by atoms with Gasteiger partial charge in [-0.25, -0.2) is 18.6 Å².